The van der Waals surface area contributed by atoms with Gasteiger partial charge in [0, 0.05) is 5.02 Å². The van der Waals surface area contributed by atoms with E-state index in [4.69, 9.17) is 23.2 Å². The van der Waals surface area contributed by atoms with Crippen LogP contribution in [0.1, 0.15) is 23.7 Å². The predicted octanol–water partition coefficient (Wildman–Crippen LogP) is 3.29. The van der Waals surface area contributed by atoms with Crippen LogP contribution in [-0.2, 0) is 4.79 Å². The maximum absolute atomic E-state index is 13.4. The van der Waals surface area contributed by atoms with Crippen molar-refractivity contribution in [2.45, 2.75) is 13.3 Å². The minimum Gasteiger partial charge on any atom is -0.300 e. The molecule has 0 unspecified atom stereocenters. The van der Waals surface area contributed by atoms with Crippen LogP contribution in [0.5, 0.6) is 0 Å². The summed E-state index contributed by atoms with van der Waals surface area (Å²) in [7, 11) is 0. The minimum absolute atomic E-state index is 0.160. The molecule has 0 aliphatic carbocycles. The monoisotopic (exact) mass is 248 g/mol. The summed E-state index contributed by atoms with van der Waals surface area (Å²) in [6.07, 6.45) is -0.354. The van der Waals surface area contributed by atoms with Crippen molar-refractivity contribution in [1.82, 2.24) is 0 Å². The highest BCUT2D eigenvalue weighted by Crippen LogP contribution is 2.24. The van der Waals surface area contributed by atoms with E-state index in [1.165, 1.54) is 13.0 Å². The molecule has 0 saturated heterocycles. The summed E-state index contributed by atoms with van der Waals surface area (Å²) in [5.41, 5.74) is -0.247. The van der Waals surface area contributed by atoms with Crippen LogP contribution in [0.15, 0.2) is 12.1 Å². The van der Waals surface area contributed by atoms with Crippen molar-refractivity contribution in [3.05, 3.63) is 33.6 Å². The Morgan fingerprint density at radius 2 is 1.93 bits per heavy atom. The van der Waals surface area contributed by atoms with Gasteiger partial charge in [-0.2, -0.15) is 0 Å². The molecule has 0 saturated carbocycles. The molecule has 1 aromatic rings. The van der Waals surface area contributed by atoms with E-state index in [-0.39, 0.29) is 27.8 Å². The van der Waals surface area contributed by atoms with Gasteiger partial charge in [0.2, 0.25) is 0 Å². The molecule has 0 aromatic heterocycles. The van der Waals surface area contributed by atoms with Crippen LogP contribution in [0, 0.1) is 5.82 Å². The topological polar surface area (TPSA) is 34.1 Å². The molecular formula is C10H7Cl2FO2. The number of hydrogen-bond acceptors (Lipinski definition) is 2. The van der Waals surface area contributed by atoms with Gasteiger partial charge in [-0.3, -0.25) is 9.59 Å². The summed E-state index contributed by atoms with van der Waals surface area (Å²) in [4.78, 5) is 22.1. The molecule has 0 spiro atoms. The van der Waals surface area contributed by atoms with Gasteiger partial charge in [-0.1, -0.05) is 23.2 Å². The maximum atomic E-state index is 13.4. The highest BCUT2D eigenvalue weighted by molar-refractivity contribution is 6.35. The highest BCUT2D eigenvalue weighted by atomic mass is 35.5. The molecule has 2 nitrogen and oxygen atoms in total. The Morgan fingerprint density at radius 1 is 1.33 bits per heavy atom. The lowest BCUT2D eigenvalue weighted by molar-refractivity contribution is -0.116. The molecule has 5 heteroatoms. The molecular weight excluding hydrogens is 242 g/mol. The van der Waals surface area contributed by atoms with Gasteiger partial charge in [0.25, 0.3) is 0 Å². The maximum Gasteiger partial charge on any atom is 0.173 e. The summed E-state index contributed by atoms with van der Waals surface area (Å²) in [5, 5.41) is -0.0669. The number of benzene rings is 1. The number of hydrogen-bond donors (Lipinski definition) is 0. The average molecular weight is 249 g/mol. The number of carbonyl (C=O) groups excluding carboxylic acids is 2. The van der Waals surface area contributed by atoms with Gasteiger partial charge < -0.3 is 0 Å². The lowest BCUT2D eigenvalue weighted by Gasteiger charge is -2.03. The van der Waals surface area contributed by atoms with Crippen molar-refractivity contribution in [3.63, 3.8) is 0 Å². The quantitative estimate of drug-likeness (QED) is 0.468. The van der Waals surface area contributed by atoms with Crippen molar-refractivity contribution in [3.8, 4) is 0 Å². The lowest BCUT2D eigenvalue weighted by Crippen LogP contribution is -2.07. The summed E-state index contributed by atoms with van der Waals surface area (Å²) in [5.74, 6) is -1.80. The van der Waals surface area contributed by atoms with E-state index in [0.717, 1.165) is 6.07 Å². The van der Waals surface area contributed by atoms with Crippen LogP contribution in [-0.4, -0.2) is 11.6 Å². The Hall–Kier alpha value is -0.930. The van der Waals surface area contributed by atoms with Gasteiger partial charge in [0.15, 0.2) is 11.6 Å². The molecule has 0 heterocycles. The molecule has 0 amide bonds. The number of carbonyl (C=O) groups is 2. The van der Waals surface area contributed by atoms with E-state index < -0.39 is 11.6 Å². The van der Waals surface area contributed by atoms with Crippen LogP contribution in [0.25, 0.3) is 0 Å². The van der Waals surface area contributed by atoms with Gasteiger partial charge >= 0.3 is 0 Å². The second-order valence-electron chi connectivity index (χ2n) is 3.05. The fourth-order valence-corrected chi connectivity index (χ4v) is 1.57. The minimum atomic E-state index is -0.840. The van der Waals surface area contributed by atoms with Gasteiger partial charge in [-0.15, -0.1) is 0 Å². The van der Waals surface area contributed by atoms with Gasteiger partial charge in [-0.05, 0) is 19.1 Å². The normalized spacial score (nSPS) is 10.1. The van der Waals surface area contributed by atoms with Crippen molar-refractivity contribution in [2.24, 2.45) is 0 Å². The van der Waals surface area contributed by atoms with Gasteiger partial charge in [-0.25, -0.2) is 4.39 Å². The molecule has 0 aliphatic heterocycles. The van der Waals surface area contributed by atoms with E-state index in [2.05, 4.69) is 0 Å². The predicted molar refractivity (Wildman–Crippen MR) is 56.0 cm³/mol. The summed E-state index contributed by atoms with van der Waals surface area (Å²) in [6.45, 7) is 1.25. The third-order valence-electron chi connectivity index (χ3n) is 1.70. The summed E-state index contributed by atoms with van der Waals surface area (Å²) in [6, 6.07) is 2.36. The standard InChI is InChI=1S/C10H7Cl2FO2/c1-5(14)2-9(15)7-3-6(11)4-8(12)10(7)13/h3-4H,2H2,1H3. The zero-order chi connectivity index (χ0) is 11.6. The fraction of sp³-hybridized carbons (Fsp3) is 0.200. The molecule has 0 fully saturated rings. The molecule has 80 valence electrons. The zero-order valence-corrected chi connectivity index (χ0v) is 9.32. The Bertz CT molecular complexity index is 430. The van der Waals surface area contributed by atoms with Crippen LogP contribution in [0.3, 0.4) is 0 Å². The molecule has 0 bridgehead atoms. The first-order valence-electron chi connectivity index (χ1n) is 4.09. The van der Waals surface area contributed by atoms with Crippen molar-refractivity contribution in [1.29, 1.82) is 0 Å². The number of Topliss-reactive ketones (excluding diaryl/α,β-unsaturated/α-hetero) is 2. The van der Waals surface area contributed by atoms with Crippen molar-refractivity contribution >= 4 is 34.8 Å². The van der Waals surface area contributed by atoms with E-state index in [0.29, 0.717) is 0 Å². The molecule has 0 radical (unpaired) electrons. The summed E-state index contributed by atoms with van der Waals surface area (Å²) < 4.78 is 13.4. The number of rotatable bonds is 3. The first kappa shape index (κ1) is 12.1. The molecule has 0 atom stereocenters. The second-order valence-corrected chi connectivity index (χ2v) is 3.89. The Morgan fingerprint density at radius 3 is 2.47 bits per heavy atom. The molecule has 15 heavy (non-hydrogen) atoms. The highest BCUT2D eigenvalue weighted by Gasteiger charge is 2.16. The zero-order valence-electron chi connectivity index (χ0n) is 7.81. The van der Waals surface area contributed by atoms with E-state index >= 15 is 0 Å². The van der Waals surface area contributed by atoms with Gasteiger partial charge in [0.1, 0.15) is 5.78 Å². The van der Waals surface area contributed by atoms with Crippen molar-refractivity contribution in [2.75, 3.05) is 0 Å². The van der Waals surface area contributed by atoms with Crippen LogP contribution in [0.4, 0.5) is 4.39 Å². The smallest absolute Gasteiger partial charge is 0.173 e. The largest absolute Gasteiger partial charge is 0.300 e. The average Bonchev–Trinajstić information content (AvgIpc) is 2.09. The van der Waals surface area contributed by atoms with Crippen LogP contribution in [0.2, 0.25) is 10.0 Å². The first-order valence-corrected chi connectivity index (χ1v) is 4.84. The van der Waals surface area contributed by atoms with E-state index in [1.54, 1.807) is 0 Å². The van der Waals surface area contributed by atoms with E-state index in [1.807, 2.05) is 0 Å². The van der Waals surface area contributed by atoms with Crippen LogP contribution < -0.4 is 0 Å². The Labute approximate surface area is 96.0 Å². The number of ketones is 2. The Kier molecular flexibility index (Phi) is 3.83. The Balaban J connectivity index is 3.13. The van der Waals surface area contributed by atoms with Crippen molar-refractivity contribution < 1.29 is 14.0 Å². The molecule has 0 aliphatic rings. The molecule has 0 N–H and O–H groups in total. The van der Waals surface area contributed by atoms with E-state index in [9.17, 15) is 14.0 Å². The summed E-state index contributed by atoms with van der Waals surface area (Å²) >= 11 is 11.1. The lowest BCUT2D eigenvalue weighted by atomic mass is 10.1. The third kappa shape index (κ3) is 3.01. The van der Waals surface area contributed by atoms with Crippen LogP contribution >= 0.6 is 23.2 Å². The number of halogens is 3. The third-order valence-corrected chi connectivity index (χ3v) is 2.20. The van der Waals surface area contributed by atoms with Gasteiger partial charge in [0.05, 0.1) is 17.0 Å². The SMILES string of the molecule is CC(=O)CC(=O)c1cc(Cl)cc(Cl)c1F. The molecule has 1 aromatic carbocycles. The molecule has 1 rings (SSSR count). The second kappa shape index (κ2) is 4.73. The first-order chi connectivity index (χ1) is 6.91. The fourth-order valence-electron chi connectivity index (χ4n) is 1.08.